The van der Waals surface area contributed by atoms with Crippen molar-refractivity contribution in [2.24, 2.45) is 0 Å². The zero-order valence-electron chi connectivity index (χ0n) is 11.8. The van der Waals surface area contributed by atoms with E-state index in [9.17, 15) is 9.90 Å². The molecule has 0 fully saturated rings. The number of hydrogen-bond acceptors (Lipinski definition) is 5. The van der Waals surface area contributed by atoms with Crippen molar-refractivity contribution in [1.82, 2.24) is 0 Å². The van der Waals surface area contributed by atoms with Gasteiger partial charge in [-0.3, -0.25) is 4.79 Å². The van der Waals surface area contributed by atoms with Crippen LogP contribution >= 0.6 is 11.6 Å². The summed E-state index contributed by atoms with van der Waals surface area (Å²) in [5, 5.41) is 10.9. The molecule has 116 valence electrons. The molecule has 0 aliphatic carbocycles. The largest absolute Gasteiger partial charge is 0.507 e. The molecule has 5 nitrogen and oxygen atoms in total. The number of benzene rings is 2. The van der Waals surface area contributed by atoms with E-state index in [1.54, 1.807) is 24.3 Å². The number of ether oxygens (including phenoxy) is 2. The van der Waals surface area contributed by atoms with E-state index in [-0.39, 0.29) is 22.5 Å². The van der Waals surface area contributed by atoms with Gasteiger partial charge in [-0.25, -0.2) is 0 Å². The van der Waals surface area contributed by atoms with Gasteiger partial charge < -0.3 is 19.0 Å². The van der Waals surface area contributed by atoms with Gasteiger partial charge in [0.05, 0.1) is 16.0 Å². The highest BCUT2D eigenvalue weighted by molar-refractivity contribution is 6.34. The lowest BCUT2D eigenvalue weighted by Crippen LogP contribution is -2.15. The van der Waals surface area contributed by atoms with E-state index in [0.29, 0.717) is 40.7 Å². The Morgan fingerprint density at radius 1 is 1.04 bits per heavy atom. The standard InChI is InChI=1S/C17H11ClO5/c18-11-3-1-2-9-12(19)7-14(23-17(9)11)10-6-15-16(8-13(10)20)22-5-4-21-15/h1-3,6-8,20H,4-5H2. The maximum absolute atomic E-state index is 12.3. The summed E-state index contributed by atoms with van der Waals surface area (Å²) in [5.41, 5.74) is 0.386. The molecule has 3 aromatic rings. The minimum atomic E-state index is -0.238. The molecule has 1 N–H and O–H groups in total. The van der Waals surface area contributed by atoms with Gasteiger partial charge in [0.2, 0.25) is 0 Å². The first-order chi connectivity index (χ1) is 11.1. The summed E-state index contributed by atoms with van der Waals surface area (Å²) < 4.78 is 16.7. The highest BCUT2D eigenvalue weighted by Crippen LogP contribution is 2.41. The molecule has 6 heteroatoms. The number of hydrogen-bond donors (Lipinski definition) is 1. The second-order valence-electron chi connectivity index (χ2n) is 5.10. The number of phenols is 1. The summed E-state index contributed by atoms with van der Waals surface area (Å²) in [6, 6.07) is 9.32. The third-order valence-electron chi connectivity index (χ3n) is 3.63. The molecule has 4 rings (SSSR count). The first kappa shape index (κ1) is 14.0. The lowest BCUT2D eigenvalue weighted by atomic mass is 10.1. The highest BCUT2D eigenvalue weighted by Gasteiger charge is 2.19. The summed E-state index contributed by atoms with van der Waals surface area (Å²) >= 11 is 6.10. The molecule has 1 aromatic heterocycles. The van der Waals surface area contributed by atoms with E-state index in [0.717, 1.165) is 0 Å². The normalized spacial score (nSPS) is 13.3. The van der Waals surface area contributed by atoms with E-state index < -0.39 is 0 Å². The van der Waals surface area contributed by atoms with E-state index in [1.165, 1.54) is 12.1 Å². The molecule has 0 saturated heterocycles. The number of para-hydroxylation sites is 1. The number of rotatable bonds is 1. The Morgan fingerprint density at radius 2 is 1.78 bits per heavy atom. The minimum Gasteiger partial charge on any atom is -0.507 e. The summed E-state index contributed by atoms with van der Waals surface area (Å²) in [6.45, 7) is 0.844. The van der Waals surface area contributed by atoms with Gasteiger partial charge in [0.15, 0.2) is 22.5 Å². The van der Waals surface area contributed by atoms with Crippen molar-refractivity contribution in [3.63, 3.8) is 0 Å². The number of phenolic OH excluding ortho intramolecular Hbond substituents is 1. The van der Waals surface area contributed by atoms with Gasteiger partial charge in [-0.1, -0.05) is 17.7 Å². The van der Waals surface area contributed by atoms with Gasteiger partial charge in [0, 0.05) is 12.1 Å². The molecule has 0 bridgehead atoms. The third-order valence-corrected chi connectivity index (χ3v) is 3.93. The van der Waals surface area contributed by atoms with E-state index in [2.05, 4.69) is 0 Å². The molecular weight excluding hydrogens is 320 g/mol. The second kappa shape index (κ2) is 5.21. The Morgan fingerprint density at radius 3 is 2.57 bits per heavy atom. The van der Waals surface area contributed by atoms with Crippen molar-refractivity contribution in [2.45, 2.75) is 0 Å². The third kappa shape index (κ3) is 2.29. The van der Waals surface area contributed by atoms with Crippen LogP contribution in [-0.2, 0) is 0 Å². The fourth-order valence-corrected chi connectivity index (χ4v) is 2.76. The average molecular weight is 331 g/mol. The molecule has 0 saturated carbocycles. The Hall–Kier alpha value is -2.66. The van der Waals surface area contributed by atoms with Crippen LogP contribution in [0.25, 0.3) is 22.3 Å². The lowest BCUT2D eigenvalue weighted by Gasteiger charge is -2.19. The quantitative estimate of drug-likeness (QED) is 0.738. The van der Waals surface area contributed by atoms with Crippen molar-refractivity contribution in [2.75, 3.05) is 13.2 Å². The van der Waals surface area contributed by atoms with Crippen LogP contribution in [0.15, 0.2) is 45.6 Å². The van der Waals surface area contributed by atoms with Crippen molar-refractivity contribution in [3.05, 3.63) is 51.6 Å². The maximum atomic E-state index is 12.3. The highest BCUT2D eigenvalue weighted by atomic mass is 35.5. The first-order valence-corrected chi connectivity index (χ1v) is 7.36. The van der Waals surface area contributed by atoms with E-state index in [1.807, 2.05) is 0 Å². The molecule has 1 aliphatic heterocycles. The van der Waals surface area contributed by atoms with Crippen LogP contribution in [-0.4, -0.2) is 18.3 Å². The fourth-order valence-electron chi connectivity index (χ4n) is 2.55. The minimum absolute atomic E-state index is 0.0659. The molecule has 0 unspecified atom stereocenters. The average Bonchev–Trinajstić information content (AvgIpc) is 2.55. The van der Waals surface area contributed by atoms with Crippen LogP contribution in [0.5, 0.6) is 17.2 Å². The van der Waals surface area contributed by atoms with Crippen LogP contribution in [0, 0.1) is 0 Å². The van der Waals surface area contributed by atoms with Gasteiger partial charge in [-0.15, -0.1) is 0 Å². The zero-order chi connectivity index (χ0) is 16.0. The second-order valence-corrected chi connectivity index (χ2v) is 5.51. The van der Waals surface area contributed by atoms with Crippen molar-refractivity contribution < 1.29 is 19.0 Å². The summed E-state index contributed by atoms with van der Waals surface area (Å²) in [6.07, 6.45) is 0. The van der Waals surface area contributed by atoms with Crippen molar-refractivity contribution >= 4 is 22.6 Å². The number of halogens is 1. The van der Waals surface area contributed by atoms with Gasteiger partial charge in [-0.2, -0.15) is 0 Å². The Kier molecular flexibility index (Phi) is 3.16. The zero-order valence-corrected chi connectivity index (χ0v) is 12.6. The Bertz CT molecular complexity index is 977. The Balaban J connectivity index is 1.96. The number of aromatic hydroxyl groups is 1. The van der Waals surface area contributed by atoms with Crippen molar-refractivity contribution in [1.29, 1.82) is 0 Å². The maximum Gasteiger partial charge on any atom is 0.193 e. The molecule has 0 spiro atoms. The van der Waals surface area contributed by atoms with E-state index in [4.69, 9.17) is 25.5 Å². The Labute approximate surface area is 135 Å². The van der Waals surface area contributed by atoms with Gasteiger partial charge in [0.25, 0.3) is 0 Å². The lowest BCUT2D eigenvalue weighted by molar-refractivity contribution is 0.171. The molecule has 1 aliphatic rings. The molecule has 0 radical (unpaired) electrons. The van der Waals surface area contributed by atoms with Crippen LogP contribution in [0.3, 0.4) is 0 Å². The van der Waals surface area contributed by atoms with E-state index >= 15 is 0 Å². The predicted molar refractivity (Wildman–Crippen MR) is 85.6 cm³/mol. The van der Waals surface area contributed by atoms with Crippen LogP contribution in [0.4, 0.5) is 0 Å². The van der Waals surface area contributed by atoms with Crippen LogP contribution in [0.2, 0.25) is 5.02 Å². The smallest absolute Gasteiger partial charge is 0.193 e. The van der Waals surface area contributed by atoms with Gasteiger partial charge in [0.1, 0.15) is 24.7 Å². The van der Waals surface area contributed by atoms with Gasteiger partial charge in [-0.05, 0) is 18.2 Å². The topological polar surface area (TPSA) is 68.9 Å². The molecule has 0 atom stereocenters. The number of fused-ring (bicyclic) bond motifs is 2. The van der Waals surface area contributed by atoms with Crippen LogP contribution in [0.1, 0.15) is 0 Å². The molecule has 23 heavy (non-hydrogen) atoms. The monoisotopic (exact) mass is 330 g/mol. The van der Waals surface area contributed by atoms with Gasteiger partial charge >= 0.3 is 0 Å². The SMILES string of the molecule is O=c1cc(-c2cc3c(cc2O)OCCO3)oc2c(Cl)cccc12. The fraction of sp³-hybridized carbons (Fsp3) is 0.118. The first-order valence-electron chi connectivity index (χ1n) is 6.99. The molecule has 2 heterocycles. The predicted octanol–water partition coefficient (Wildman–Crippen LogP) is 3.59. The summed E-state index contributed by atoms with van der Waals surface area (Å²) in [5.74, 6) is 1.10. The molecule has 0 amide bonds. The molecule has 2 aromatic carbocycles. The van der Waals surface area contributed by atoms with Crippen LogP contribution < -0.4 is 14.9 Å². The molecular formula is C17H11ClO5. The summed E-state index contributed by atoms with van der Waals surface area (Å²) in [4.78, 5) is 12.3. The summed E-state index contributed by atoms with van der Waals surface area (Å²) in [7, 11) is 0. The van der Waals surface area contributed by atoms with Crippen molar-refractivity contribution in [3.8, 4) is 28.6 Å².